The summed E-state index contributed by atoms with van der Waals surface area (Å²) in [7, 11) is 2.01. The van der Waals surface area contributed by atoms with E-state index in [1.54, 1.807) is 0 Å². The molecule has 1 aliphatic heterocycles. The Kier molecular flexibility index (Phi) is 3.46. The average molecular weight is 280 g/mol. The Labute approximate surface area is 123 Å². The van der Waals surface area contributed by atoms with Gasteiger partial charge in [-0.15, -0.1) is 0 Å². The Morgan fingerprint density at radius 1 is 1.24 bits per heavy atom. The van der Waals surface area contributed by atoms with Crippen LogP contribution in [0.15, 0.2) is 30.3 Å². The van der Waals surface area contributed by atoms with Crippen molar-refractivity contribution >= 4 is 5.91 Å². The van der Waals surface area contributed by atoms with Crippen LogP contribution in [0.5, 0.6) is 0 Å². The lowest BCUT2D eigenvalue weighted by atomic mass is 10.2. The number of imidazole rings is 1. The van der Waals surface area contributed by atoms with Crippen molar-refractivity contribution in [3.8, 4) is 11.8 Å². The zero-order chi connectivity index (χ0) is 14.8. The van der Waals surface area contributed by atoms with Crippen LogP contribution in [0, 0.1) is 11.8 Å². The minimum absolute atomic E-state index is 0.332. The van der Waals surface area contributed by atoms with Crippen molar-refractivity contribution in [2.75, 3.05) is 13.6 Å². The van der Waals surface area contributed by atoms with Gasteiger partial charge in [0.15, 0.2) is 11.5 Å². The highest BCUT2D eigenvalue weighted by Crippen LogP contribution is 2.17. The third kappa shape index (κ3) is 2.67. The van der Waals surface area contributed by atoms with E-state index >= 15 is 0 Å². The molecule has 0 saturated heterocycles. The number of carbonyl (C=O) groups is 1. The van der Waals surface area contributed by atoms with E-state index in [4.69, 9.17) is 5.73 Å². The molecule has 1 aromatic carbocycles. The maximum atomic E-state index is 11.5. The third-order valence-electron chi connectivity index (χ3n) is 3.52. The molecule has 2 aromatic rings. The van der Waals surface area contributed by atoms with Gasteiger partial charge >= 0.3 is 0 Å². The molecule has 0 bridgehead atoms. The first-order chi connectivity index (χ1) is 10.1. The fraction of sp³-hybridized carbons (Fsp3) is 0.250. The van der Waals surface area contributed by atoms with Crippen molar-refractivity contribution in [2.45, 2.75) is 13.1 Å². The lowest BCUT2D eigenvalue weighted by Gasteiger charge is -2.24. The quantitative estimate of drug-likeness (QED) is 0.787. The van der Waals surface area contributed by atoms with Gasteiger partial charge in [0, 0.05) is 25.2 Å². The van der Waals surface area contributed by atoms with E-state index in [9.17, 15) is 4.79 Å². The van der Waals surface area contributed by atoms with Crippen LogP contribution in [-0.2, 0) is 13.1 Å². The Morgan fingerprint density at radius 2 is 2.00 bits per heavy atom. The van der Waals surface area contributed by atoms with Crippen LogP contribution in [0.2, 0.25) is 0 Å². The average Bonchev–Trinajstić information content (AvgIpc) is 2.84. The standard InChI is InChI=1S/C16H16N4O/c1-19-9-10-20-13(11-19)15(16(17)21)18-14(20)8-7-12-5-3-2-4-6-12/h2-6H,9-11H2,1H3,(H2,17,21). The van der Waals surface area contributed by atoms with Gasteiger partial charge in [0.2, 0.25) is 0 Å². The van der Waals surface area contributed by atoms with Gasteiger partial charge in [0.25, 0.3) is 5.91 Å². The van der Waals surface area contributed by atoms with Gasteiger partial charge < -0.3 is 10.3 Å². The van der Waals surface area contributed by atoms with E-state index in [1.807, 2.05) is 41.9 Å². The Hall–Kier alpha value is -2.58. The molecule has 1 aromatic heterocycles. The van der Waals surface area contributed by atoms with Crippen LogP contribution in [-0.4, -0.2) is 34.0 Å². The Balaban J connectivity index is 2.02. The first-order valence-electron chi connectivity index (χ1n) is 6.80. The lowest BCUT2D eigenvalue weighted by molar-refractivity contribution is 0.0993. The molecule has 0 saturated carbocycles. The topological polar surface area (TPSA) is 64.2 Å². The number of rotatable bonds is 1. The predicted octanol–water partition coefficient (Wildman–Crippen LogP) is 0.827. The normalized spacial score (nSPS) is 14.1. The summed E-state index contributed by atoms with van der Waals surface area (Å²) in [6, 6.07) is 9.71. The fourth-order valence-corrected chi connectivity index (χ4v) is 2.44. The van der Waals surface area contributed by atoms with Crippen LogP contribution in [0.3, 0.4) is 0 Å². The van der Waals surface area contributed by atoms with E-state index in [0.29, 0.717) is 18.1 Å². The molecule has 5 heteroatoms. The SMILES string of the molecule is CN1CCn2c(C#Cc3ccccc3)nc(C(N)=O)c2C1. The highest BCUT2D eigenvalue weighted by atomic mass is 16.1. The van der Waals surface area contributed by atoms with Crippen LogP contribution in [0.4, 0.5) is 0 Å². The van der Waals surface area contributed by atoms with Crippen molar-refractivity contribution in [3.63, 3.8) is 0 Å². The lowest BCUT2D eigenvalue weighted by Crippen LogP contribution is -2.32. The monoisotopic (exact) mass is 280 g/mol. The van der Waals surface area contributed by atoms with Crippen molar-refractivity contribution in [2.24, 2.45) is 5.73 Å². The number of fused-ring (bicyclic) bond motifs is 1. The summed E-state index contributed by atoms with van der Waals surface area (Å²) in [6.07, 6.45) is 0. The number of hydrogen-bond acceptors (Lipinski definition) is 3. The van der Waals surface area contributed by atoms with Crippen LogP contribution >= 0.6 is 0 Å². The van der Waals surface area contributed by atoms with Gasteiger partial charge in [-0.05, 0) is 25.1 Å². The van der Waals surface area contributed by atoms with Crippen molar-refractivity contribution < 1.29 is 4.79 Å². The molecule has 0 unspecified atom stereocenters. The van der Waals surface area contributed by atoms with Gasteiger partial charge in [-0.1, -0.05) is 24.1 Å². The first-order valence-corrected chi connectivity index (χ1v) is 6.80. The molecule has 2 heterocycles. The van der Waals surface area contributed by atoms with Crippen molar-refractivity contribution in [1.82, 2.24) is 14.5 Å². The molecule has 1 aliphatic rings. The minimum Gasteiger partial charge on any atom is -0.364 e. The molecular formula is C16H16N4O. The van der Waals surface area contributed by atoms with Gasteiger partial charge in [-0.3, -0.25) is 9.69 Å². The molecule has 5 nitrogen and oxygen atoms in total. The molecule has 0 atom stereocenters. The van der Waals surface area contributed by atoms with Gasteiger partial charge in [0.1, 0.15) is 0 Å². The highest BCUT2D eigenvalue weighted by Gasteiger charge is 2.24. The molecule has 1 amide bonds. The van der Waals surface area contributed by atoms with Crippen LogP contribution in [0.25, 0.3) is 0 Å². The second-order valence-electron chi connectivity index (χ2n) is 5.10. The van der Waals surface area contributed by atoms with Gasteiger partial charge in [0.05, 0.1) is 5.69 Å². The van der Waals surface area contributed by atoms with Gasteiger partial charge in [-0.2, -0.15) is 0 Å². The summed E-state index contributed by atoms with van der Waals surface area (Å²) in [5.74, 6) is 6.24. The fourth-order valence-electron chi connectivity index (χ4n) is 2.44. The number of nitrogens with zero attached hydrogens (tertiary/aromatic N) is 3. The number of carbonyl (C=O) groups excluding carboxylic acids is 1. The van der Waals surface area contributed by atoms with E-state index in [2.05, 4.69) is 21.7 Å². The molecule has 0 spiro atoms. The predicted molar refractivity (Wildman–Crippen MR) is 79.5 cm³/mol. The van der Waals surface area contributed by atoms with Crippen molar-refractivity contribution in [1.29, 1.82) is 0 Å². The zero-order valence-electron chi connectivity index (χ0n) is 11.8. The Morgan fingerprint density at radius 3 is 2.71 bits per heavy atom. The molecule has 106 valence electrons. The molecule has 0 aliphatic carbocycles. The molecule has 3 rings (SSSR count). The number of amides is 1. The summed E-state index contributed by atoms with van der Waals surface area (Å²) in [5, 5.41) is 0. The van der Waals surface area contributed by atoms with E-state index < -0.39 is 5.91 Å². The van der Waals surface area contributed by atoms with Crippen molar-refractivity contribution in [3.05, 3.63) is 53.1 Å². The second-order valence-corrected chi connectivity index (χ2v) is 5.10. The number of benzene rings is 1. The summed E-state index contributed by atoms with van der Waals surface area (Å²) >= 11 is 0. The van der Waals surface area contributed by atoms with E-state index in [1.165, 1.54) is 0 Å². The third-order valence-corrected chi connectivity index (χ3v) is 3.52. The molecular weight excluding hydrogens is 264 g/mol. The minimum atomic E-state index is -0.498. The van der Waals surface area contributed by atoms with Gasteiger partial charge in [-0.25, -0.2) is 4.98 Å². The van der Waals surface area contributed by atoms with E-state index in [0.717, 1.165) is 24.3 Å². The molecule has 0 fully saturated rings. The molecule has 2 N–H and O–H groups in total. The summed E-state index contributed by atoms with van der Waals surface area (Å²) in [4.78, 5) is 18.0. The summed E-state index contributed by atoms with van der Waals surface area (Å²) < 4.78 is 2.00. The smallest absolute Gasteiger partial charge is 0.269 e. The largest absolute Gasteiger partial charge is 0.364 e. The first kappa shape index (κ1) is 13.4. The number of likely N-dealkylation sites (N-methyl/N-ethyl adjacent to an activating group) is 1. The highest BCUT2D eigenvalue weighted by molar-refractivity contribution is 5.92. The second kappa shape index (κ2) is 5.43. The maximum absolute atomic E-state index is 11.5. The zero-order valence-corrected chi connectivity index (χ0v) is 11.8. The summed E-state index contributed by atoms with van der Waals surface area (Å²) in [6.45, 7) is 2.34. The maximum Gasteiger partial charge on any atom is 0.269 e. The van der Waals surface area contributed by atoms with Crippen LogP contribution in [0.1, 0.15) is 27.6 Å². The van der Waals surface area contributed by atoms with E-state index in [-0.39, 0.29) is 0 Å². The molecule has 21 heavy (non-hydrogen) atoms. The number of primary amides is 1. The number of hydrogen-bond donors (Lipinski definition) is 1. The summed E-state index contributed by atoms with van der Waals surface area (Å²) in [5.41, 5.74) is 7.53. The van der Waals surface area contributed by atoms with Crippen LogP contribution < -0.4 is 5.73 Å². The Bertz CT molecular complexity index is 737. The number of aromatic nitrogens is 2. The number of nitrogens with two attached hydrogens (primary N) is 1. The molecule has 0 radical (unpaired) electrons.